The van der Waals surface area contributed by atoms with Crippen molar-refractivity contribution in [1.29, 1.82) is 0 Å². The van der Waals surface area contributed by atoms with E-state index in [4.69, 9.17) is 5.73 Å². The lowest BCUT2D eigenvalue weighted by molar-refractivity contribution is -0.121. The standard InChI is InChI=1S/C12H18N2OS/c1-10(12(13)15)9-14-7-8-16-11-5-3-2-4-6-11/h2-6,10,14H,7-9H2,1H3,(H2,13,15). The molecule has 1 rings (SSSR count). The Morgan fingerprint density at radius 3 is 2.75 bits per heavy atom. The summed E-state index contributed by atoms with van der Waals surface area (Å²) in [6.07, 6.45) is 0. The van der Waals surface area contributed by atoms with E-state index in [1.807, 2.05) is 25.1 Å². The van der Waals surface area contributed by atoms with Gasteiger partial charge in [-0.3, -0.25) is 4.79 Å². The van der Waals surface area contributed by atoms with Crippen molar-refractivity contribution in [2.45, 2.75) is 11.8 Å². The Hall–Kier alpha value is -1.00. The third-order valence-electron chi connectivity index (χ3n) is 2.23. The summed E-state index contributed by atoms with van der Waals surface area (Å²) in [5, 5.41) is 3.22. The van der Waals surface area contributed by atoms with Crippen molar-refractivity contribution in [3.63, 3.8) is 0 Å². The van der Waals surface area contributed by atoms with Crippen molar-refractivity contribution in [2.75, 3.05) is 18.8 Å². The molecule has 3 nitrogen and oxygen atoms in total. The molecule has 0 aliphatic rings. The Labute approximate surface area is 101 Å². The van der Waals surface area contributed by atoms with E-state index in [2.05, 4.69) is 17.4 Å². The average molecular weight is 238 g/mol. The molecule has 0 spiro atoms. The molecular weight excluding hydrogens is 220 g/mol. The number of amides is 1. The molecular formula is C12H18N2OS. The van der Waals surface area contributed by atoms with E-state index in [1.165, 1.54) is 4.90 Å². The van der Waals surface area contributed by atoms with Crippen molar-refractivity contribution in [3.05, 3.63) is 30.3 Å². The second kappa shape index (κ2) is 7.30. The summed E-state index contributed by atoms with van der Waals surface area (Å²) in [7, 11) is 0. The molecule has 1 aromatic rings. The number of rotatable bonds is 7. The molecule has 1 atom stereocenters. The lowest BCUT2D eigenvalue weighted by atomic mass is 10.2. The van der Waals surface area contributed by atoms with Crippen LogP contribution < -0.4 is 11.1 Å². The van der Waals surface area contributed by atoms with Crippen LogP contribution >= 0.6 is 11.8 Å². The van der Waals surface area contributed by atoms with Crippen LogP contribution in [-0.2, 0) is 4.79 Å². The second-order valence-electron chi connectivity index (χ2n) is 3.67. The van der Waals surface area contributed by atoms with Crippen LogP contribution in [0.4, 0.5) is 0 Å². The van der Waals surface area contributed by atoms with Crippen molar-refractivity contribution in [3.8, 4) is 0 Å². The first-order chi connectivity index (χ1) is 7.70. The molecule has 0 aliphatic carbocycles. The average Bonchev–Trinajstić information content (AvgIpc) is 2.29. The molecule has 0 saturated carbocycles. The molecule has 0 saturated heterocycles. The predicted molar refractivity (Wildman–Crippen MR) is 68.4 cm³/mol. The summed E-state index contributed by atoms with van der Waals surface area (Å²) in [6, 6.07) is 10.3. The van der Waals surface area contributed by atoms with Crippen molar-refractivity contribution in [1.82, 2.24) is 5.32 Å². The van der Waals surface area contributed by atoms with Gasteiger partial charge in [-0.05, 0) is 12.1 Å². The fourth-order valence-electron chi connectivity index (χ4n) is 1.18. The number of nitrogens with one attached hydrogen (secondary N) is 1. The molecule has 0 aliphatic heterocycles. The largest absolute Gasteiger partial charge is 0.369 e. The Morgan fingerprint density at radius 1 is 1.44 bits per heavy atom. The van der Waals surface area contributed by atoms with E-state index >= 15 is 0 Å². The van der Waals surface area contributed by atoms with Gasteiger partial charge in [0, 0.05) is 29.7 Å². The van der Waals surface area contributed by atoms with Gasteiger partial charge in [0.05, 0.1) is 0 Å². The van der Waals surface area contributed by atoms with Crippen LogP contribution in [0.1, 0.15) is 6.92 Å². The van der Waals surface area contributed by atoms with Crippen LogP contribution in [0.15, 0.2) is 35.2 Å². The smallest absolute Gasteiger partial charge is 0.221 e. The zero-order valence-corrected chi connectivity index (χ0v) is 10.3. The molecule has 16 heavy (non-hydrogen) atoms. The highest BCUT2D eigenvalue weighted by Gasteiger charge is 2.06. The molecule has 0 fully saturated rings. The Kier molecular flexibility index (Phi) is 5.96. The van der Waals surface area contributed by atoms with Gasteiger partial charge in [-0.1, -0.05) is 25.1 Å². The fraction of sp³-hybridized carbons (Fsp3) is 0.417. The Bertz CT molecular complexity index is 316. The molecule has 1 aromatic carbocycles. The molecule has 0 aromatic heterocycles. The minimum Gasteiger partial charge on any atom is -0.369 e. The quantitative estimate of drug-likeness (QED) is 0.559. The van der Waals surface area contributed by atoms with Gasteiger partial charge < -0.3 is 11.1 Å². The summed E-state index contributed by atoms with van der Waals surface area (Å²) in [6.45, 7) is 3.38. The number of thioether (sulfide) groups is 1. The number of hydrogen-bond acceptors (Lipinski definition) is 3. The first-order valence-electron chi connectivity index (χ1n) is 5.38. The first-order valence-corrected chi connectivity index (χ1v) is 6.36. The Morgan fingerprint density at radius 2 is 2.12 bits per heavy atom. The first kappa shape index (κ1) is 13.1. The molecule has 0 radical (unpaired) electrons. The summed E-state index contributed by atoms with van der Waals surface area (Å²) < 4.78 is 0. The van der Waals surface area contributed by atoms with Gasteiger partial charge in [0.25, 0.3) is 0 Å². The highest BCUT2D eigenvalue weighted by molar-refractivity contribution is 7.99. The van der Waals surface area contributed by atoms with Gasteiger partial charge >= 0.3 is 0 Å². The number of nitrogens with two attached hydrogens (primary N) is 1. The van der Waals surface area contributed by atoms with Gasteiger partial charge in [0.15, 0.2) is 0 Å². The zero-order chi connectivity index (χ0) is 11.8. The topological polar surface area (TPSA) is 55.1 Å². The molecule has 4 heteroatoms. The minimum absolute atomic E-state index is 0.0956. The van der Waals surface area contributed by atoms with E-state index in [-0.39, 0.29) is 11.8 Å². The second-order valence-corrected chi connectivity index (χ2v) is 4.84. The molecule has 0 heterocycles. The maximum absolute atomic E-state index is 10.8. The summed E-state index contributed by atoms with van der Waals surface area (Å²) in [4.78, 5) is 12.0. The molecule has 1 unspecified atom stereocenters. The lowest BCUT2D eigenvalue weighted by Gasteiger charge is -2.08. The van der Waals surface area contributed by atoms with Crippen LogP contribution in [0.2, 0.25) is 0 Å². The number of hydrogen-bond donors (Lipinski definition) is 2. The predicted octanol–water partition coefficient (Wildman–Crippen LogP) is 1.49. The van der Waals surface area contributed by atoms with Crippen LogP contribution in [0.25, 0.3) is 0 Å². The number of carbonyl (C=O) groups is 1. The van der Waals surface area contributed by atoms with E-state index in [9.17, 15) is 4.79 Å². The minimum atomic E-state index is -0.247. The van der Waals surface area contributed by atoms with Gasteiger partial charge in [0.2, 0.25) is 5.91 Å². The van der Waals surface area contributed by atoms with Crippen LogP contribution in [0, 0.1) is 5.92 Å². The van der Waals surface area contributed by atoms with Crippen molar-refractivity contribution in [2.24, 2.45) is 11.7 Å². The van der Waals surface area contributed by atoms with E-state index < -0.39 is 0 Å². The Balaban J connectivity index is 2.07. The maximum Gasteiger partial charge on any atom is 0.221 e. The normalized spacial score (nSPS) is 12.3. The van der Waals surface area contributed by atoms with Crippen molar-refractivity contribution >= 4 is 17.7 Å². The lowest BCUT2D eigenvalue weighted by Crippen LogP contribution is -2.31. The summed E-state index contributed by atoms with van der Waals surface area (Å²) >= 11 is 1.80. The van der Waals surface area contributed by atoms with Gasteiger partial charge in [-0.15, -0.1) is 11.8 Å². The SMILES string of the molecule is CC(CNCCSc1ccccc1)C(N)=O. The molecule has 88 valence electrons. The summed E-state index contributed by atoms with van der Waals surface area (Å²) in [5.74, 6) is 0.653. The molecule has 3 N–H and O–H groups in total. The van der Waals surface area contributed by atoms with Crippen LogP contribution in [0.5, 0.6) is 0 Å². The van der Waals surface area contributed by atoms with Gasteiger partial charge in [0.1, 0.15) is 0 Å². The monoisotopic (exact) mass is 238 g/mol. The van der Waals surface area contributed by atoms with Gasteiger partial charge in [-0.2, -0.15) is 0 Å². The molecule has 0 bridgehead atoms. The van der Waals surface area contributed by atoms with E-state index in [1.54, 1.807) is 11.8 Å². The number of primary amides is 1. The highest BCUT2D eigenvalue weighted by atomic mass is 32.2. The van der Waals surface area contributed by atoms with Crippen LogP contribution in [0.3, 0.4) is 0 Å². The van der Waals surface area contributed by atoms with E-state index in [0.717, 1.165) is 12.3 Å². The van der Waals surface area contributed by atoms with Crippen molar-refractivity contribution < 1.29 is 4.79 Å². The third-order valence-corrected chi connectivity index (χ3v) is 3.24. The highest BCUT2D eigenvalue weighted by Crippen LogP contribution is 2.15. The fourth-order valence-corrected chi connectivity index (χ4v) is 2.01. The summed E-state index contributed by atoms with van der Waals surface area (Å²) in [5.41, 5.74) is 5.16. The zero-order valence-electron chi connectivity index (χ0n) is 9.48. The molecule has 1 amide bonds. The van der Waals surface area contributed by atoms with Gasteiger partial charge in [-0.25, -0.2) is 0 Å². The third kappa shape index (κ3) is 5.19. The number of benzene rings is 1. The van der Waals surface area contributed by atoms with E-state index in [0.29, 0.717) is 6.54 Å². The maximum atomic E-state index is 10.8. The number of carbonyl (C=O) groups excluding carboxylic acids is 1. The van der Waals surface area contributed by atoms with Crippen LogP contribution in [-0.4, -0.2) is 24.7 Å².